The van der Waals surface area contributed by atoms with Crippen LogP contribution in [0.4, 0.5) is 5.13 Å². The molecule has 0 aromatic carbocycles. The van der Waals surface area contributed by atoms with Crippen LogP contribution in [0, 0.1) is 0 Å². The first-order chi connectivity index (χ1) is 5.36. The van der Waals surface area contributed by atoms with Crippen molar-refractivity contribution in [1.82, 2.24) is 0 Å². The van der Waals surface area contributed by atoms with Gasteiger partial charge in [-0.3, -0.25) is 5.73 Å². The van der Waals surface area contributed by atoms with Crippen molar-refractivity contribution in [3.63, 3.8) is 0 Å². The van der Waals surface area contributed by atoms with E-state index in [4.69, 9.17) is 10.2 Å². The molecule has 0 saturated carbocycles. The van der Waals surface area contributed by atoms with E-state index in [-0.39, 0.29) is 0 Å². The third-order valence-electron chi connectivity index (χ3n) is 1.35. The first-order valence-electron chi connectivity index (χ1n) is 3.16. The molecule has 0 aliphatic rings. The summed E-state index contributed by atoms with van der Waals surface area (Å²) in [5, 5.41) is 2.62. The Morgan fingerprint density at radius 1 is 1.55 bits per heavy atom. The van der Waals surface area contributed by atoms with Gasteiger partial charge in [0.05, 0.1) is 6.26 Å². The van der Waals surface area contributed by atoms with Gasteiger partial charge in [-0.1, -0.05) is 11.3 Å². The van der Waals surface area contributed by atoms with Crippen molar-refractivity contribution >= 4 is 16.5 Å². The maximum Gasteiger partial charge on any atom is 0.329 e. The van der Waals surface area contributed by atoms with Crippen LogP contribution in [-0.4, -0.2) is 0 Å². The van der Waals surface area contributed by atoms with E-state index < -0.39 is 0 Å². The number of rotatable bonds is 1. The van der Waals surface area contributed by atoms with Crippen LogP contribution in [0.25, 0.3) is 11.5 Å². The summed E-state index contributed by atoms with van der Waals surface area (Å²) in [5.74, 6) is 0.818. The minimum Gasteiger partial charge on any atom is -0.461 e. The molecule has 0 aliphatic heterocycles. The molecule has 0 bridgehead atoms. The van der Waals surface area contributed by atoms with Crippen molar-refractivity contribution in [3.05, 3.63) is 23.8 Å². The van der Waals surface area contributed by atoms with Crippen LogP contribution >= 0.6 is 11.3 Å². The van der Waals surface area contributed by atoms with Gasteiger partial charge in [0, 0.05) is 5.38 Å². The fourth-order valence-electron chi connectivity index (χ4n) is 0.866. The number of nitrogen functional groups attached to an aromatic ring is 1. The molecule has 0 amide bonds. The van der Waals surface area contributed by atoms with Gasteiger partial charge < -0.3 is 4.42 Å². The van der Waals surface area contributed by atoms with E-state index in [0.29, 0.717) is 5.13 Å². The number of hydrogen-bond donors (Lipinski definition) is 1. The number of thiazole rings is 1. The average Bonchev–Trinajstić information content (AvgIpc) is 2.55. The highest BCUT2D eigenvalue weighted by Crippen LogP contribution is 2.18. The Hall–Kier alpha value is -1.29. The Morgan fingerprint density at radius 2 is 2.45 bits per heavy atom. The number of hydrogen-bond acceptors (Lipinski definition) is 3. The molecule has 0 aliphatic carbocycles. The summed E-state index contributed by atoms with van der Waals surface area (Å²) >= 11 is 1.46. The highest BCUT2D eigenvalue weighted by atomic mass is 32.1. The number of nitrogens with two attached hydrogens (primary N) is 1. The average molecular weight is 167 g/mol. The SMILES string of the molecule is Nc1[nH+]c(-c2ccco2)cs1. The lowest BCUT2D eigenvalue weighted by Crippen LogP contribution is -2.05. The quantitative estimate of drug-likeness (QED) is 0.698. The molecule has 4 heteroatoms. The molecule has 0 saturated heterocycles. The molecule has 56 valence electrons. The van der Waals surface area contributed by atoms with Crippen molar-refractivity contribution in [2.75, 3.05) is 5.73 Å². The van der Waals surface area contributed by atoms with Crippen LogP contribution in [0.15, 0.2) is 28.2 Å². The summed E-state index contributed by atoms with van der Waals surface area (Å²) in [7, 11) is 0. The Balaban J connectivity index is 2.45. The van der Waals surface area contributed by atoms with Crippen LogP contribution in [0.2, 0.25) is 0 Å². The standard InChI is InChI=1S/C7H6N2OS/c8-7-9-5(4-11-7)6-2-1-3-10-6/h1-4H,(H2,8,9)/p+1. The van der Waals surface area contributed by atoms with Gasteiger partial charge in [-0.05, 0) is 12.1 Å². The minimum atomic E-state index is 0.691. The maximum atomic E-state index is 5.51. The van der Waals surface area contributed by atoms with Gasteiger partial charge in [0.2, 0.25) is 0 Å². The summed E-state index contributed by atoms with van der Waals surface area (Å²) in [4.78, 5) is 2.98. The summed E-state index contributed by atoms with van der Waals surface area (Å²) in [6.07, 6.45) is 1.64. The maximum absolute atomic E-state index is 5.51. The first-order valence-corrected chi connectivity index (χ1v) is 4.04. The molecule has 3 nitrogen and oxygen atoms in total. The van der Waals surface area contributed by atoms with Crippen LogP contribution in [0.5, 0.6) is 0 Å². The lowest BCUT2D eigenvalue weighted by atomic mass is 10.4. The van der Waals surface area contributed by atoms with Crippen molar-refractivity contribution in [1.29, 1.82) is 0 Å². The first kappa shape index (κ1) is 6.42. The molecule has 0 unspecified atom stereocenters. The van der Waals surface area contributed by atoms with Crippen molar-refractivity contribution in [3.8, 4) is 11.5 Å². The van der Waals surface area contributed by atoms with Crippen molar-refractivity contribution in [2.45, 2.75) is 0 Å². The monoisotopic (exact) mass is 167 g/mol. The summed E-state index contributed by atoms with van der Waals surface area (Å²) < 4.78 is 5.15. The highest BCUT2D eigenvalue weighted by molar-refractivity contribution is 7.13. The number of aromatic nitrogens is 1. The third kappa shape index (κ3) is 1.12. The van der Waals surface area contributed by atoms with Gasteiger partial charge in [0.1, 0.15) is 0 Å². The fraction of sp³-hybridized carbons (Fsp3) is 0. The second-order valence-corrected chi connectivity index (χ2v) is 3.03. The molecule has 0 spiro atoms. The Morgan fingerprint density at radius 3 is 3.00 bits per heavy atom. The smallest absolute Gasteiger partial charge is 0.329 e. The molecular formula is C7H7N2OS+. The van der Waals surface area contributed by atoms with Gasteiger partial charge in [-0.15, -0.1) is 0 Å². The lowest BCUT2D eigenvalue weighted by Gasteiger charge is -1.82. The van der Waals surface area contributed by atoms with Crippen molar-refractivity contribution in [2.24, 2.45) is 0 Å². The van der Waals surface area contributed by atoms with E-state index in [1.807, 2.05) is 17.5 Å². The van der Waals surface area contributed by atoms with E-state index in [9.17, 15) is 0 Å². The highest BCUT2D eigenvalue weighted by Gasteiger charge is 2.07. The molecule has 2 aromatic rings. The molecule has 11 heavy (non-hydrogen) atoms. The molecule has 0 atom stereocenters. The number of aromatic amines is 1. The van der Waals surface area contributed by atoms with Crippen molar-refractivity contribution < 1.29 is 9.40 Å². The Kier molecular flexibility index (Phi) is 1.40. The van der Waals surface area contributed by atoms with Gasteiger partial charge in [-0.2, -0.15) is 0 Å². The van der Waals surface area contributed by atoms with Gasteiger partial charge in [0.25, 0.3) is 0 Å². The van der Waals surface area contributed by atoms with E-state index in [0.717, 1.165) is 11.5 Å². The van der Waals surface area contributed by atoms with Crippen LogP contribution in [-0.2, 0) is 0 Å². The van der Waals surface area contributed by atoms with Gasteiger partial charge in [0.15, 0.2) is 11.5 Å². The number of H-pyrrole nitrogens is 1. The zero-order valence-corrected chi connectivity index (χ0v) is 6.52. The molecule has 2 rings (SSSR count). The van der Waals surface area contributed by atoms with Crippen LogP contribution < -0.4 is 10.7 Å². The zero-order valence-electron chi connectivity index (χ0n) is 5.70. The Bertz CT molecular complexity index is 339. The lowest BCUT2D eigenvalue weighted by molar-refractivity contribution is -0.341. The molecule has 0 fully saturated rings. The normalized spacial score (nSPS) is 10.2. The summed E-state index contributed by atoms with van der Waals surface area (Å²) in [6.45, 7) is 0. The number of anilines is 1. The predicted molar refractivity (Wildman–Crippen MR) is 43.0 cm³/mol. The number of nitrogens with one attached hydrogen (secondary N) is 1. The minimum absolute atomic E-state index is 0.691. The second-order valence-electron chi connectivity index (χ2n) is 2.12. The van der Waals surface area contributed by atoms with Crippen LogP contribution in [0.3, 0.4) is 0 Å². The summed E-state index contributed by atoms with van der Waals surface area (Å²) in [5.41, 5.74) is 6.43. The topological polar surface area (TPSA) is 53.3 Å². The predicted octanol–water partition coefficient (Wildman–Crippen LogP) is 1.40. The van der Waals surface area contributed by atoms with E-state index in [2.05, 4.69) is 4.98 Å². The number of furan rings is 1. The fourth-order valence-corrected chi connectivity index (χ4v) is 1.45. The molecule has 2 aromatic heterocycles. The summed E-state index contributed by atoms with van der Waals surface area (Å²) in [6, 6.07) is 3.73. The zero-order chi connectivity index (χ0) is 7.68. The van der Waals surface area contributed by atoms with Crippen LogP contribution in [0.1, 0.15) is 0 Å². The second kappa shape index (κ2) is 2.39. The molecular weight excluding hydrogens is 160 g/mol. The largest absolute Gasteiger partial charge is 0.461 e. The Labute approximate surface area is 67.5 Å². The van der Waals surface area contributed by atoms with E-state index in [1.165, 1.54) is 11.3 Å². The van der Waals surface area contributed by atoms with Gasteiger partial charge >= 0.3 is 5.13 Å². The molecule has 2 heterocycles. The van der Waals surface area contributed by atoms with E-state index in [1.54, 1.807) is 6.26 Å². The molecule has 3 N–H and O–H groups in total. The van der Waals surface area contributed by atoms with E-state index >= 15 is 0 Å². The van der Waals surface area contributed by atoms with Gasteiger partial charge in [-0.25, -0.2) is 4.98 Å². The third-order valence-corrected chi connectivity index (χ3v) is 2.06. The molecule has 0 radical (unpaired) electrons.